The Labute approximate surface area is 196 Å². The number of hydrogen-bond donors (Lipinski definition) is 2. The summed E-state index contributed by atoms with van der Waals surface area (Å²) < 4.78 is 1.19. The lowest BCUT2D eigenvalue weighted by Crippen LogP contribution is -2.43. The lowest BCUT2D eigenvalue weighted by Gasteiger charge is -2.29. The third kappa shape index (κ3) is 4.28. The van der Waals surface area contributed by atoms with Crippen molar-refractivity contribution in [1.29, 1.82) is 0 Å². The number of thioether (sulfide) groups is 1. The van der Waals surface area contributed by atoms with Gasteiger partial charge in [-0.1, -0.05) is 37.1 Å². The standard InChI is InChI=1S/C25H28N4OS2/c1-31-15-12-20(23-27-17-8-2-3-9-18(17)28-23)29-24(30)25(13-6-7-14-25)16-22-26-19-10-4-5-11-21(19)32-22/h2-5,8-11,20H,6-7,12-16H2,1H3,(H,27,28)(H,29,30). The Morgan fingerprint density at radius 1 is 1.12 bits per heavy atom. The normalized spacial score (nSPS) is 16.5. The predicted molar refractivity (Wildman–Crippen MR) is 134 cm³/mol. The maximum absolute atomic E-state index is 13.8. The summed E-state index contributed by atoms with van der Waals surface area (Å²) in [5, 5.41) is 4.46. The molecule has 166 valence electrons. The van der Waals surface area contributed by atoms with Gasteiger partial charge in [0.25, 0.3) is 0 Å². The van der Waals surface area contributed by atoms with Crippen LogP contribution in [-0.4, -0.2) is 32.9 Å². The van der Waals surface area contributed by atoms with E-state index in [9.17, 15) is 4.79 Å². The van der Waals surface area contributed by atoms with Gasteiger partial charge in [0.15, 0.2) is 0 Å². The largest absolute Gasteiger partial charge is 0.346 e. The number of hydrogen-bond acceptors (Lipinski definition) is 5. The third-order valence-corrected chi connectivity index (χ3v) is 8.20. The van der Waals surface area contributed by atoms with Crippen LogP contribution in [0, 0.1) is 5.41 Å². The zero-order valence-electron chi connectivity index (χ0n) is 18.3. The summed E-state index contributed by atoms with van der Waals surface area (Å²) in [5.74, 6) is 1.97. The summed E-state index contributed by atoms with van der Waals surface area (Å²) in [6, 6.07) is 16.2. The average Bonchev–Trinajstić information content (AvgIpc) is 3.54. The van der Waals surface area contributed by atoms with E-state index in [1.807, 2.05) is 36.4 Å². The Bertz CT molecular complexity index is 1160. The van der Waals surface area contributed by atoms with E-state index in [-0.39, 0.29) is 17.4 Å². The summed E-state index contributed by atoms with van der Waals surface area (Å²) in [4.78, 5) is 26.8. The molecule has 4 aromatic rings. The second-order valence-corrected chi connectivity index (χ2v) is 10.8. The Hall–Kier alpha value is -2.38. The van der Waals surface area contributed by atoms with E-state index in [1.54, 1.807) is 23.1 Å². The van der Waals surface area contributed by atoms with Gasteiger partial charge >= 0.3 is 0 Å². The summed E-state index contributed by atoms with van der Waals surface area (Å²) in [7, 11) is 0. The lowest BCUT2D eigenvalue weighted by atomic mass is 9.81. The van der Waals surface area contributed by atoms with Crippen LogP contribution in [0.4, 0.5) is 0 Å². The Morgan fingerprint density at radius 3 is 2.62 bits per heavy atom. The minimum Gasteiger partial charge on any atom is -0.346 e. The molecule has 1 aliphatic rings. The van der Waals surface area contributed by atoms with E-state index >= 15 is 0 Å². The SMILES string of the molecule is CSCCC(NC(=O)C1(Cc2nc3ccccc3s2)CCCC1)c1nc2ccccc2[nH]1. The number of nitrogens with one attached hydrogen (secondary N) is 2. The number of imidazole rings is 1. The van der Waals surface area contributed by atoms with Gasteiger partial charge in [-0.15, -0.1) is 11.3 Å². The lowest BCUT2D eigenvalue weighted by molar-refractivity contribution is -0.131. The van der Waals surface area contributed by atoms with Crippen molar-refractivity contribution in [1.82, 2.24) is 20.3 Å². The molecule has 1 unspecified atom stereocenters. The highest BCUT2D eigenvalue weighted by atomic mass is 32.2. The van der Waals surface area contributed by atoms with Crippen LogP contribution in [0.25, 0.3) is 21.3 Å². The van der Waals surface area contributed by atoms with E-state index in [1.165, 1.54) is 4.70 Å². The molecule has 0 spiro atoms. The van der Waals surface area contributed by atoms with Gasteiger partial charge in [0.05, 0.1) is 37.7 Å². The quantitative estimate of drug-likeness (QED) is 0.341. The fourth-order valence-electron chi connectivity index (χ4n) is 4.78. The highest BCUT2D eigenvalue weighted by Gasteiger charge is 2.43. The number of amides is 1. The molecule has 1 aliphatic carbocycles. The van der Waals surface area contributed by atoms with Gasteiger partial charge in [0, 0.05) is 6.42 Å². The number of aromatic amines is 1. The number of aromatic nitrogens is 3. The molecular formula is C25H28N4OS2. The van der Waals surface area contributed by atoms with E-state index in [0.29, 0.717) is 6.42 Å². The molecule has 0 radical (unpaired) electrons. The molecule has 2 aromatic carbocycles. The van der Waals surface area contributed by atoms with Gasteiger partial charge < -0.3 is 10.3 Å². The molecule has 7 heteroatoms. The van der Waals surface area contributed by atoms with Crippen molar-refractivity contribution in [3.63, 3.8) is 0 Å². The summed E-state index contributed by atoms with van der Waals surface area (Å²) in [5.41, 5.74) is 2.60. The molecule has 0 aliphatic heterocycles. The van der Waals surface area contributed by atoms with Crippen LogP contribution in [0.3, 0.4) is 0 Å². The minimum absolute atomic E-state index is 0.116. The number of para-hydroxylation sites is 3. The number of thiazole rings is 1. The van der Waals surface area contributed by atoms with Gasteiger partial charge in [-0.3, -0.25) is 4.79 Å². The molecule has 0 bridgehead atoms. The van der Waals surface area contributed by atoms with E-state index in [4.69, 9.17) is 9.97 Å². The van der Waals surface area contributed by atoms with Crippen LogP contribution in [0.1, 0.15) is 49.0 Å². The fourth-order valence-corrected chi connectivity index (χ4v) is 6.37. The number of carbonyl (C=O) groups excluding carboxylic acids is 1. The monoisotopic (exact) mass is 464 g/mol. The highest BCUT2D eigenvalue weighted by molar-refractivity contribution is 7.98. The van der Waals surface area contributed by atoms with Crippen molar-refractivity contribution >= 4 is 50.3 Å². The Kier molecular flexibility index (Phi) is 6.20. The van der Waals surface area contributed by atoms with Gasteiger partial charge in [-0.2, -0.15) is 11.8 Å². The Balaban J connectivity index is 1.40. The smallest absolute Gasteiger partial charge is 0.227 e. The van der Waals surface area contributed by atoms with Gasteiger partial charge in [-0.05, 0) is 55.5 Å². The zero-order valence-corrected chi connectivity index (χ0v) is 19.9. The minimum atomic E-state index is -0.377. The molecule has 5 rings (SSSR count). The van der Waals surface area contributed by atoms with Crippen LogP contribution in [0.15, 0.2) is 48.5 Å². The van der Waals surface area contributed by atoms with Gasteiger partial charge in [0.1, 0.15) is 5.82 Å². The molecule has 1 saturated carbocycles. The number of fused-ring (bicyclic) bond motifs is 2. The molecule has 2 N–H and O–H groups in total. The second-order valence-electron chi connectivity index (χ2n) is 8.69. The number of benzene rings is 2. The second kappa shape index (κ2) is 9.24. The van der Waals surface area contributed by atoms with Crippen LogP contribution in [0.5, 0.6) is 0 Å². The first-order valence-electron chi connectivity index (χ1n) is 11.3. The van der Waals surface area contributed by atoms with Crippen LogP contribution < -0.4 is 5.32 Å². The molecule has 1 atom stereocenters. The first-order valence-corrected chi connectivity index (χ1v) is 13.5. The van der Waals surface area contributed by atoms with Crippen molar-refractivity contribution in [2.24, 2.45) is 5.41 Å². The molecule has 2 heterocycles. The van der Waals surface area contributed by atoms with E-state index in [0.717, 1.165) is 65.2 Å². The van der Waals surface area contributed by atoms with Crippen LogP contribution in [0.2, 0.25) is 0 Å². The number of H-pyrrole nitrogens is 1. The Morgan fingerprint density at radius 2 is 1.88 bits per heavy atom. The molecule has 1 fully saturated rings. The average molecular weight is 465 g/mol. The summed E-state index contributed by atoms with van der Waals surface area (Å²) >= 11 is 3.51. The van der Waals surface area contributed by atoms with Crippen molar-refractivity contribution in [3.05, 3.63) is 59.4 Å². The highest BCUT2D eigenvalue weighted by Crippen LogP contribution is 2.43. The summed E-state index contributed by atoms with van der Waals surface area (Å²) in [6.07, 6.45) is 7.70. The first-order chi connectivity index (χ1) is 15.7. The molecule has 2 aromatic heterocycles. The topological polar surface area (TPSA) is 70.7 Å². The predicted octanol–water partition coefficient (Wildman–Crippen LogP) is 5.89. The third-order valence-electron chi connectivity index (χ3n) is 6.52. The van der Waals surface area contributed by atoms with Crippen molar-refractivity contribution in [2.45, 2.75) is 44.6 Å². The molecule has 0 saturated heterocycles. The number of rotatable bonds is 8. The zero-order chi connectivity index (χ0) is 22.0. The van der Waals surface area contributed by atoms with Crippen molar-refractivity contribution in [3.8, 4) is 0 Å². The van der Waals surface area contributed by atoms with Crippen LogP contribution in [-0.2, 0) is 11.2 Å². The molecule has 1 amide bonds. The van der Waals surface area contributed by atoms with E-state index < -0.39 is 0 Å². The fraction of sp³-hybridized carbons (Fsp3) is 0.400. The van der Waals surface area contributed by atoms with Crippen LogP contribution >= 0.6 is 23.1 Å². The van der Waals surface area contributed by atoms with Gasteiger partial charge in [-0.25, -0.2) is 9.97 Å². The van der Waals surface area contributed by atoms with Crippen molar-refractivity contribution < 1.29 is 4.79 Å². The van der Waals surface area contributed by atoms with Crippen molar-refractivity contribution in [2.75, 3.05) is 12.0 Å². The summed E-state index contributed by atoms with van der Waals surface area (Å²) in [6.45, 7) is 0. The molecule has 5 nitrogen and oxygen atoms in total. The number of nitrogens with zero attached hydrogens (tertiary/aromatic N) is 2. The molecule has 32 heavy (non-hydrogen) atoms. The maximum Gasteiger partial charge on any atom is 0.227 e. The molecular weight excluding hydrogens is 436 g/mol. The first kappa shape index (κ1) is 21.5. The van der Waals surface area contributed by atoms with Gasteiger partial charge in [0.2, 0.25) is 5.91 Å². The maximum atomic E-state index is 13.8. The van der Waals surface area contributed by atoms with E-state index in [2.05, 4.69) is 28.7 Å². The number of carbonyl (C=O) groups is 1.